The van der Waals surface area contributed by atoms with Gasteiger partial charge in [0.25, 0.3) is 5.56 Å². The lowest BCUT2D eigenvalue weighted by atomic mass is 9.82. The molecule has 2 aliphatic rings. The zero-order chi connectivity index (χ0) is 22.4. The van der Waals surface area contributed by atoms with Crippen molar-refractivity contribution < 1.29 is 14.7 Å². The Morgan fingerprint density at radius 1 is 1.19 bits per heavy atom. The van der Waals surface area contributed by atoms with Gasteiger partial charge in [-0.2, -0.15) is 0 Å². The predicted molar refractivity (Wildman–Crippen MR) is 120 cm³/mol. The second-order valence-corrected chi connectivity index (χ2v) is 8.83. The predicted octanol–water partition coefficient (Wildman–Crippen LogP) is 4.31. The highest BCUT2D eigenvalue weighted by Crippen LogP contribution is 2.37. The first-order chi connectivity index (χ1) is 15.4. The van der Waals surface area contributed by atoms with Gasteiger partial charge in [0, 0.05) is 17.2 Å². The summed E-state index contributed by atoms with van der Waals surface area (Å²) in [7, 11) is 0. The molecule has 2 atom stereocenters. The smallest absolute Gasteiger partial charge is 0.353 e. The Morgan fingerprint density at radius 3 is 2.53 bits per heavy atom. The summed E-state index contributed by atoms with van der Waals surface area (Å²) < 4.78 is 1.27. The Hall–Kier alpha value is -3.42. The Balaban J connectivity index is 1.64. The van der Waals surface area contributed by atoms with Crippen LogP contribution in [0.5, 0.6) is 0 Å². The number of aromatic amines is 1. The second-order valence-electron chi connectivity index (χ2n) is 8.83. The lowest BCUT2D eigenvalue weighted by Crippen LogP contribution is -2.25. The number of carboxylic acid groups (broad SMARTS) is 1. The van der Waals surface area contributed by atoms with Gasteiger partial charge in [-0.25, -0.2) is 14.3 Å². The molecule has 2 unspecified atom stereocenters. The minimum atomic E-state index is -1.12. The van der Waals surface area contributed by atoms with Crippen molar-refractivity contribution in [3.8, 4) is 11.3 Å². The van der Waals surface area contributed by atoms with Crippen LogP contribution in [0.25, 0.3) is 16.9 Å². The number of oxime groups is 1. The molecule has 2 N–H and O–H groups in total. The number of nitrogens with zero attached hydrogens (tertiary/aromatic N) is 3. The van der Waals surface area contributed by atoms with E-state index in [-0.39, 0.29) is 29.2 Å². The van der Waals surface area contributed by atoms with E-state index < -0.39 is 5.97 Å². The van der Waals surface area contributed by atoms with E-state index in [1.54, 1.807) is 0 Å². The molecule has 2 aromatic heterocycles. The molecule has 0 radical (unpaired) electrons. The highest BCUT2D eigenvalue weighted by Gasteiger charge is 2.30. The topological polar surface area (TPSA) is 109 Å². The van der Waals surface area contributed by atoms with Crippen molar-refractivity contribution in [2.24, 2.45) is 5.16 Å². The standard InChI is InChI=1S/C24H26N4O4/c1-13-20(14(2)32-27-13)16-8-10-17(11-9-16)22-21(15-6-4-3-5-7-15)23(29)28-19(25-22)12-18(26-28)24(30)31/h8-12,14-15,20,26H,3-7H2,1-2H3,(H,30,31). The molecule has 32 heavy (non-hydrogen) atoms. The van der Waals surface area contributed by atoms with E-state index >= 15 is 0 Å². The van der Waals surface area contributed by atoms with Crippen molar-refractivity contribution >= 4 is 17.3 Å². The summed E-state index contributed by atoms with van der Waals surface area (Å²) in [5, 5.41) is 16.2. The van der Waals surface area contributed by atoms with Crippen LogP contribution in [0.15, 0.2) is 40.3 Å². The number of rotatable bonds is 4. The highest BCUT2D eigenvalue weighted by atomic mass is 16.6. The Morgan fingerprint density at radius 2 is 1.91 bits per heavy atom. The summed E-state index contributed by atoms with van der Waals surface area (Å²) in [5.41, 5.74) is 4.26. The van der Waals surface area contributed by atoms with Gasteiger partial charge in [0.2, 0.25) is 0 Å². The quantitative estimate of drug-likeness (QED) is 0.636. The number of carboxylic acids is 1. The number of nitrogens with one attached hydrogen (secondary N) is 1. The number of hydrogen-bond donors (Lipinski definition) is 2. The number of benzene rings is 1. The van der Waals surface area contributed by atoms with Crippen molar-refractivity contribution in [3.05, 3.63) is 57.5 Å². The summed E-state index contributed by atoms with van der Waals surface area (Å²) in [5.74, 6) is -0.903. The number of fused-ring (bicyclic) bond motifs is 1. The zero-order valence-corrected chi connectivity index (χ0v) is 18.2. The molecule has 8 nitrogen and oxygen atoms in total. The van der Waals surface area contributed by atoms with Crippen LogP contribution in [0.4, 0.5) is 0 Å². The third kappa shape index (κ3) is 3.39. The fourth-order valence-corrected chi connectivity index (χ4v) is 5.11. The van der Waals surface area contributed by atoms with Crippen LogP contribution >= 0.6 is 0 Å². The van der Waals surface area contributed by atoms with Gasteiger partial charge in [0.05, 0.1) is 17.3 Å². The lowest BCUT2D eigenvalue weighted by molar-refractivity contribution is 0.0690. The maximum Gasteiger partial charge on any atom is 0.353 e. The first kappa shape index (κ1) is 20.5. The zero-order valence-electron chi connectivity index (χ0n) is 18.2. The Labute approximate surface area is 184 Å². The minimum absolute atomic E-state index is 0.0212. The molecule has 0 spiro atoms. The number of H-pyrrole nitrogens is 1. The van der Waals surface area contributed by atoms with Crippen molar-refractivity contribution in [2.75, 3.05) is 0 Å². The largest absolute Gasteiger partial charge is 0.477 e. The first-order valence-corrected chi connectivity index (χ1v) is 11.1. The summed E-state index contributed by atoms with van der Waals surface area (Å²) in [6.07, 6.45) is 5.18. The Kier molecular flexibility index (Phi) is 5.07. The summed E-state index contributed by atoms with van der Waals surface area (Å²) in [6, 6.07) is 9.46. The van der Waals surface area contributed by atoms with Crippen LogP contribution in [0, 0.1) is 0 Å². The van der Waals surface area contributed by atoms with Crippen LogP contribution in [-0.4, -0.2) is 37.5 Å². The van der Waals surface area contributed by atoms with Crippen LogP contribution in [0.2, 0.25) is 0 Å². The van der Waals surface area contributed by atoms with E-state index in [4.69, 9.17) is 9.82 Å². The number of carbonyl (C=O) groups is 1. The van der Waals surface area contributed by atoms with Crippen molar-refractivity contribution in [1.82, 2.24) is 14.6 Å². The monoisotopic (exact) mass is 434 g/mol. The molecule has 1 aliphatic heterocycles. The van der Waals surface area contributed by atoms with Crippen molar-refractivity contribution in [3.63, 3.8) is 0 Å². The van der Waals surface area contributed by atoms with E-state index in [2.05, 4.69) is 10.3 Å². The highest BCUT2D eigenvalue weighted by molar-refractivity contribution is 5.90. The van der Waals surface area contributed by atoms with E-state index in [1.165, 1.54) is 17.0 Å². The maximum absolute atomic E-state index is 13.5. The van der Waals surface area contributed by atoms with Crippen LogP contribution in [-0.2, 0) is 4.84 Å². The normalized spacial score (nSPS) is 21.5. The maximum atomic E-state index is 13.5. The van der Waals surface area contributed by atoms with Gasteiger partial charge in [-0.3, -0.25) is 9.89 Å². The average molecular weight is 434 g/mol. The van der Waals surface area contributed by atoms with Crippen LogP contribution in [0.1, 0.15) is 79.4 Å². The van der Waals surface area contributed by atoms with Gasteiger partial charge in [-0.15, -0.1) is 0 Å². The molecule has 5 rings (SSSR count). The molecule has 0 bridgehead atoms. The second kappa shape index (κ2) is 7.93. The van der Waals surface area contributed by atoms with Gasteiger partial charge < -0.3 is 9.94 Å². The molecule has 3 heterocycles. The lowest BCUT2D eigenvalue weighted by Gasteiger charge is -2.23. The van der Waals surface area contributed by atoms with Gasteiger partial charge in [0.15, 0.2) is 5.65 Å². The fraction of sp³-hybridized carbons (Fsp3) is 0.417. The van der Waals surface area contributed by atoms with Crippen molar-refractivity contribution in [2.45, 2.75) is 63.9 Å². The van der Waals surface area contributed by atoms with E-state index in [9.17, 15) is 14.7 Å². The van der Waals surface area contributed by atoms with Gasteiger partial charge in [0.1, 0.15) is 11.8 Å². The van der Waals surface area contributed by atoms with Gasteiger partial charge in [-0.1, -0.05) is 48.7 Å². The van der Waals surface area contributed by atoms with Crippen LogP contribution < -0.4 is 5.56 Å². The first-order valence-electron chi connectivity index (χ1n) is 11.1. The molecular formula is C24H26N4O4. The molecule has 166 valence electrons. The van der Waals surface area contributed by atoms with E-state index in [0.29, 0.717) is 16.9 Å². The minimum Gasteiger partial charge on any atom is -0.477 e. The average Bonchev–Trinajstić information content (AvgIpc) is 3.38. The molecule has 1 saturated carbocycles. The molecule has 0 saturated heterocycles. The molecule has 1 aliphatic carbocycles. The van der Waals surface area contributed by atoms with Gasteiger partial charge in [-0.05, 0) is 38.2 Å². The third-order valence-electron chi connectivity index (χ3n) is 6.72. The molecular weight excluding hydrogens is 408 g/mol. The van der Waals surface area contributed by atoms with Crippen LogP contribution in [0.3, 0.4) is 0 Å². The van der Waals surface area contributed by atoms with E-state index in [1.807, 2.05) is 38.1 Å². The number of aromatic carboxylic acids is 1. The summed E-state index contributed by atoms with van der Waals surface area (Å²) >= 11 is 0. The third-order valence-corrected chi connectivity index (χ3v) is 6.72. The fourth-order valence-electron chi connectivity index (χ4n) is 5.11. The molecule has 3 aromatic rings. The number of aromatic nitrogens is 3. The summed E-state index contributed by atoms with van der Waals surface area (Å²) in [4.78, 5) is 35.1. The van der Waals surface area contributed by atoms with E-state index in [0.717, 1.165) is 42.5 Å². The SMILES string of the molecule is CC1=NOC(C)C1c1ccc(-c2nc3cc(C(=O)O)[nH]n3c(=O)c2C2CCCCC2)cc1. The molecule has 1 fully saturated rings. The molecule has 0 amide bonds. The molecule has 1 aromatic carbocycles. The summed E-state index contributed by atoms with van der Waals surface area (Å²) in [6.45, 7) is 3.97. The number of hydrogen-bond acceptors (Lipinski definition) is 5. The molecule has 8 heteroatoms. The Bertz CT molecular complexity index is 1270. The van der Waals surface area contributed by atoms with Gasteiger partial charge >= 0.3 is 5.97 Å². The van der Waals surface area contributed by atoms with Crippen molar-refractivity contribution in [1.29, 1.82) is 0 Å².